The lowest BCUT2D eigenvalue weighted by Gasteiger charge is -2.51. The standard InChI is InChI=1S/C36H35NO4/c1-5-40-31-21-32-29(20-27(31)24(2)38)36(23-35(3,4)41-32)28-18-12-13-19-30(28)37(22-33(36)39)34(25-14-8-6-9-15-25)26-16-10-7-11-17-26/h6-21,34H,5,22-23H2,1-4H3. The van der Waals surface area contributed by atoms with Crippen LogP contribution in [0.4, 0.5) is 5.69 Å². The van der Waals surface area contributed by atoms with Crippen molar-refractivity contribution < 1.29 is 19.1 Å². The Balaban J connectivity index is 1.60. The average Bonchev–Trinajstić information content (AvgIpc) is 2.96. The lowest BCUT2D eigenvalue weighted by atomic mass is 9.61. The van der Waals surface area contributed by atoms with Crippen molar-refractivity contribution in [1.82, 2.24) is 0 Å². The zero-order chi connectivity index (χ0) is 28.8. The summed E-state index contributed by atoms with van der Waals surface area (Å²) in [6.07, 6.45) is 0.462. The molecule has 208 valence electrons. The Hall–Kier alpha value is -4.38. The molecule has 0 N–H and O–H groups in total. The summed E-state index contributed by atoms with van der Waals surface area (Å²) in [7, 11) is 0. The molecular formula is C36H35NO4. The van der Waals surface area contributed by atoms with Gasteiger partial charge in [-0.3, -0.25) is 9.59 Å². The topological polar surface area (TPSA) is 55.8 Å². The van der Waals surface area contributed by atoms with Crippen LogP contribution in [0, 0.1) is 0 Å². The maximum atomic E-state index is 14.8. The number of ether oxygens (including phenoxy) is 2. The number of hydrogen-bond donors (Lipinski definition) is 0. The van der Waals surface area contributed by atoms with Gasteiger partial charge in [0.15, 0.2) is 11.6 Å². The number of carbonyl (C=O) groups excluding carboxylic acids is 2. The van der Waals surface area contributed by atoms with E-state index in [0.717, 1.165) is 27.9 Å². The van der Waals surface area contributed by atoms with E-state index in [1.807, 2.05) is 75.4 Å². The van der Waals surface area contributed by atoms with Crippen molar-refractivity contribution in [3.8, 4) is 11.5 Å². The largest absolute Gasteiger partial charge is 0.493 e. The van der Waals surface area contributed by atoms with Gasteiger partial charge in [0, 0.05) is 23.7 Å². The van der Waals surface area contributed by atoms with Gasteiger partial charge < -0.3 is 14.4 Å². The molecule has 5 nitrogen and oxygen atoms in total. The Bertz CT molecular complexity index is 1570. The second-order valence-electron chi connectivity index (χ2n) is 11.6. The molecule has 41 heavy (non-hydrogen) atoms. The second-order valence-corrected chi connectivity index (χ2v) is 11.6. The van der Waals surface area contributed by atoms with E-state index < -0.39 is 11.0 Å². The van der Waals surface area contributed by atoms with Crippen molar-refractivity contribution in [2.75, 3.05) is 18.1 Å². The van der Waals surface area contributed by atoms with Crippen LogP contribution in [0.5, 0.6) is 11.5 Å². The molecule has 6 rings (SSSR count). The summed E-state index contributed by atoms with van der Waals surface area (Å²) in [6.45, 7) is 8.11. The van der Waals surface area contributed by atoms with Gasteiger partial charge in [-0.2, -0.15) is 0 Å². The van der Waals surface area contributed by atoms with Crippen LogP contribution in [-0.4, -0.2) is 30.3 Å². The van der Waals surface area contributed by atoms with Gasteiger partial charge in [-0.25, -0.2) is 0 Å². The molecule has 2 heterocycles. The third-order valence-electron chi connectivity index (χ3n) is 8.30. The Labute approximate surface area is 241 Å². The molecule has 0 amide bonds. The van der Waals surface area contributed by atoms with Crippen molar-refractivity contribution in [3.05, 3.63) is 125 Å². The van der Waals surface area contributed by atoms with E-state index in [2.05, 4.69) is 41.3 Å². The molecule has 1 spiro atoms. The van der Waals surface area contributed by atoms with Crippen LogP contribution in [0.1, 0.15) is 72.8 Å². The van der Waals surface area contributed by atoms with E-state index in [1.165, 1.54) is 6.92 Å². The van der Waals surface area contributed by atoms with E-state index in [0.29, 0.717) is 30.1 Å². The quantitative estimate of drug-likeness (QED) is 0.238. The van der Waals surface area contributed by atoms with Crippen molar-refractivity contribution in [2.45, 2.75) is 51.2 Å². The van der Waals surface area contributed by atoms with Crippen LogP contribution >= 0.6 is 0 Å². The lowest BCUT2D eigenvalue weighted by molar-refractivity contribution is -0.125. The van der Waals surface area contributed by atoms with Crippen LogP contribution in [0.15, 0.2) is 97.1 Å². The highest BCUT2D eigenvalue weighted by Crippen LogP contribution is 2.56. The third kappa shape index (κ3) is 4.50. The van der Waals surface area contributed by atoms with Crippen molar-refractivity contribution >= 4 is 17.3 Å². The lowest BCUT2D eigenvalue weighted by Crippen LogP contribution is -2.56. The Morgan fingerprint density at radius 2 is 1.51 bits per heavy atom. The van der Waals surface area contributed by atoms with E-state index in [4.69, 9.17) is 9.47 Å². The van der Waals surface area contributed by atoms with Gasteiger partial charge >= 0.3 is 0 Å². The highest BCUT2D eigenvalue weighted by atomic mass is 16.5. The summed E-state index contributed by atoms with van der Waals surface area (Å²) in [4.78, 5) is 29.9. The van der Waals surface area contributed by atoms with Gasteiger partial charge in [-0.15, -0.1) is 0 Å². The molecule has 2 aliphatic heterocycles. The van der Waals surface area contributed by atoms with E-state index in [1.54, 1.807) is 6.07 Å². The van der Waals surface area contributed by atoms with E-state index in [-0.39, 0.29) is 24.2 Å². The van der Waals surface area contributed by atoms with Gasteiger partial charge in [0.05, 0.1) is 30.2 Å². The molecule has 1 atom stereocenters. The van der Waals surface area contributed by atoms with Crippen molar-refractivity contribution in [1.29, 1.82) is 0 Å². The summed E-state index contributed by atoms with van der Waals surface area (Å²) in [6, 6.07) is 32.4. The van der Waals surface area contributed by atoms with Crippen LogP contribution in [0.3, 0.4) is 0 Å². The van der Waals surface area contributed by atoms with Crippen LogP contribution in [-0.2, 0) is 10.2 Å². The van der Waals surface area contributed by atoms with Gasteiger partial charge in [-0.05, 0) is 56.5 Å². The Morgan fingerprint density at radius 3 is 2.12 bits per heavy atom. The van der Waals surface area contributed by atoms with Crippen molar-refractivity contribution in [3.63, 3.8) is 0 Å². The third-order valence-corrected chi connectivity index (χ3v) is 8.30. The normalized spacial score (nSPS) is 19.0. The number of para-hydroxylation sites is 1. The van der Waals surface area contributed by atoms with Crippen LogP contribution in [0.25, 0.3) is 0 Å². The zero-order valence-electron chi connectivity index (χ0n) is 24.0. The number of nitrogens with zero attached hydrogens (tertiary/aromatic N) is 1. The molecule has 5 heteroatoms. The smallest absolute Gasteiger partial charge is 0.167 e. The van der Waals surface area contributed by atoms with Gasteiger partial charge in [0.1, 0.15) is 17.1 Å². The first-order chi connectivity index (χ1) is 19.7. The molecule has 0 bridgehead atoms. The average molecular weight is 546 g/mol. The summed E-state index contributed by atoms with van der Waals surface area (Å²) < 4.78 is 12.3. The minimum absolute atomic E-state index is 0.0874. The molecule has 1 unspecified atom stereocenters. The predicted molar refractivity (Wildman–Crippen MR) is 161 cm³/mol. The maximum Gasteiger partial charge on any atom is 0.167 e. The first-order valence-corrected chi connectivity index (χ1v) is 14.3. The van der Waals surface area contributed by atoms with Gasteiger partial charge in [-0.1, -0.05) is 78.9 Å². The molecule has 0 aromatic heterocycles. The number of hydrogen-bond acceptors (Lipinski definition) is 5. The van der Waals surface area contributed by atoms with Crippen LogP contribution < -0.4 is 14.4 Å². The van der Waals surface area contributed by atoms with Gasteiger partial charge in [0.25, 0.3) is 0 Å². The fraction of sp³-hybridized carbons (Fsp3) is 0.278. The molecule has 0 radical (unpaired) electrons. The first-order valence-electron chi connectivity index (χ1n) is 14.3. The molecule has 0 saturated heterocycles. The molecule has 0 aliphatic carbocycles. The molecule has 2 aliphatic rings. The highest BCUT2D eigenvalue weighted by molar-refractivity contribution is 6.04. The number of benzene rings is 4. The summed E-state index contributed by atoms with van der Waals surface area (Å²) in [5.74, 6) is 1.05. The number of fused-ring (bicyclic) bond motifs is 4. The predicted octanol–water partition coefficient (Wildman–Crippen LogP) is 7.31. The molecular weight excluding hydrogens is 510 g/mol. The number of ketones is 2. The monoisotopic (exact) mass is 545 g/mol. The number of Topliss-reactive ketones (excluding diaryl/α,β-unsaturated/α-hetero) is 2. The molecule has 0 fully saturated rings. The van der Waals surface area contributed by atoms with E-state index >= 15 is 0 Å². The summed E-state index contributed by atoms with van der Waals surface area (Å²) in [5, 5.41) is 0. The first kappa shape index (κ1) is 26.8. The molecule has 4 aromatic carbocycles. The molecule has 0 saturated carbocycles. The Kier molecular flexibility index (Phi) is 6.69. The number of anilines is 1. The van der Waals surface area contributed by atoms with Crippen LogP contribution in [0.2, 0.25) is 0 Å². The Morgan fingerprint density at radius 1 is 0.902 bits per heavy atom. The fourth-order valence-electron chi connectivity index (χ4n) is 6.75. The maximum absolute atomic E-state index is 14.8. The highest BCUT2D eigenvalue weighted by Gasteiger charge is 2.55. The minimum atomic E-state index is -0.975. The summed E-state index contributed by atoms with van der Waals surface area (Å²) >= 11 is 0. The number of rotatable bonds is 6. The number of carbonyl (C=O) groups is 2. The fourth-order valence-corrected chi connectivity index (χ4v) is 6.75. The molecule has 4 aromatic rings. The summed E-state index contributed by atoms with van der Waals surface area (Å²) in [5.41, 5.74) is 3.77. The SMILES string of the molecule is CCOc1cc2c(cc1C(C)=O)C1(CC(C)(C)O2)C(=O)CN(C(c2ccccc2)c2ccccc2)c2ccccc21. The second kappa shape index (κ2) is 10.2. The van der Waals surface area contributed by atoms with E-state index in [9.17, 15) is 9.59 Å². The minimum Gasteiger partial charge on any atom is -0.493 e. The van der Waals surface area contributed by atoms with Gasteiger partial charge in [0.2, 0.25) is 0 Å². The van der Waals surface area contributed by atoms with Crippen molar-refractivity contribution in [2.24, 2.45) is 0 Å². The zero-order valence-corrected chi connectivity index (χ0v) is 24.0.